The normalized spacial score (nSPS) is 10.7. The molecule has 0 aliphatic rings. The second kappa shape index (κ2) is 5.69. The molecule has 0 aliphatic carbocycles. The first-order valence-electron chi connectivity index (χ1n) is 6.54. The van der Waals surface area contributed by atoms with E-state index in [1.165, 1.54) is 14.2 Å². The Morgan fingerprint density at radius 2 is 2.00 bits per heavy atom. The van der Waals surface area contributed by atoms with E-state index in [1.807, 2.05) is 0 Å². The van der Waals surface area contributed by atoms with Crippen LogP contribution in [0.3, 0.4) is 0 Å². The standard InChI is InChI=1S/C16H13ClN2O3/c1-21-14-7-9(6-11(17)15(14)22-2)12-8-13-10(16(20)19-12)4-3-5-18-13/h3-8H,1-2H3,(H,19,20). The maximum absolute atomic E-state index is 12.2. The van der Waals surface area contributed by atoms with Gasteiger partial charge < -0.3 is 14.5 Å². The molecular weight excluding hydrogens is 304 g/mol. The number of fused-ring (bicyclic) bond motifs is 1. The Hall–Kier alpha value is -2.53. The molecule has 1 aromatic carbocycles. The van der Waals surface area contributed by atoms with E-state index in [4.69, 9.17) is 21.1 Å². The van der Waals surface area contributed by atoms with Crippen LogP contribution in [-0.2, 0) is 0 Å². The second-order valence-electron chi connectivity index (χ2n) is 4.64. The van der Waals surface area contributed by atoms with E-state index in [1.54, 1.807) is 36.5 Å². The molecule has 0 spiro atoms. The maximum Gasteiger partial charge on any atom is 0.257 e. The molecule has 0 saturated heterocycles. The molecule has 0 radical (unpaired) electrons. The van der Waals surface area contributed by atoms with Crippen LogP contribution >= 0.6 is 11.6 Å². The predicted molar refractivity (Wildman–Crippen MR) is 85.9 cm³/mol. The molecule has 0 bridgehead atoms. The van der Waals surface area contributed by atoms with E-state index in [-0.39, 0.29) is 5.56 Å². The number of nitrogens with one attached hydrogen (secondary N) is 1. The summed E-state index contributed by atoms with van der Waals surface area (Å²) in [6.07, 6.45) is 1.65. The van der Waals surface area contributed by atoms with Crippen molar-refractivity contribution in [1.82, 2.24) is 9.97 Å². The summed E-state index contributed by atoms with van der Waals surface area (Å²) in [6, 6.07) is 8.72. The highest BCUT2D eigenvalue weighted by molar-refractivity contribution is 6.32. The van der Waals surface area contributed by atoms with Crippen LogP contribution in [0.1, 0.15) is 0 Å². The lowest BCUT2D eigenvalue weighted by atomic mass is 10.1. The summed E-state index contributed by atoms with van der Waals surface area (Å²) in [5.74, 6) is 0.946. The summed E-state index contributed by atoms with van der Waals surface area (Å²) in [7, 11) is 3.05. The zero-order chi connectivity index (χ0) is 15.7. The van der Waals surface area contributed by atoms with Gasteiger partial charge in [-0.25, -0.2) is 0 Å². The monoisotopic (exact) mass is 316 g/mol. The summed E-state index contributed by atoms with van der Waals surface area (Å²) in [5, 5.41) is 0.941. The van der Waals surface area contributed by atoms with Crippen LogP contribution in [0.4, 0.5) is 0 Å². The Morgan fingerprint density at radius 1 is 1.18 bits per heavy atom. The average Bonchev–Trinajstić information content (AvgIpc) is 2.54. The molecule has 0 amide bonds. The van der Waals surface area contributed by atoms with Gasteiger partial charge in [0.1, 0.15) is 0 Å². The number of aromatic nitrogens is 2. The number of hydrogen-bond donors (Lipinski definition) is 1. The van der Waals surface area contributed by atoms with E-state index >= 15 is 0 Å². The highest BCUT2D eigenvalue weighted by Gasteiger charge is 2.13. The molecule has 1 N–H and O–H groups in total. The van der Waals surface area contributed by atoms with Crippen LogP contribution in [0.5, 0.6) is 11.5 Å². The number of ether oxygens (including phenoxy) is 2. The summed E-state index contributed by atoms with van der Waals surface area (Å²) >= 11 is 6.21. The fourth-order valence-corrected chi connectivity index (χ4v) is 2.60. The molecule has 3 aromatic rings. The Morgan fingerprint density at radius 3 is 2.73 bits per heavy atom. The van der Waals surface area contributed by atoms with Gasteiger partial charge in [0.25, 0.3) is 5.56 Å². The van der Waals surface area contributed by atoms with Crippen LogP contribution in [0.25, 0.3) is 22.2 Å². The van der Waals surface area contributed by atoms with Gasteiger partial charge in [-0.2, -0.15) is 0 Å². The van der Waals surface area contributed by atoms with Crippen molar-refractivity contribution < 1.29 is 9.47 Å². The van der Waals surface area contributed by atoms with Crippen LogP contribution < -0.4 is 15.0 Å². The number of pyridine rings is 2. The van der Waals surface area contributed by atoms with Gasteiger partial charge in [0, 0.05) is 11.8 Å². The lowest BCUT2D eigenvalue weighted by molar-refractivity contribution is 0.355. The second-order valence-corrected chi connectivity index (χ2v) is 5.05. The van der Waals surface area contributed by atoms with Crippen molar-refractivity contribution in [1.29, 1.82) is 0 Å². The van der Waals surface area contributed by atoms with E-state index in [0.29, 0.717) is 38.7 Å². The van der Waals surface area contributed by atoms with Gasteiger partial charge in [0.15, 0.2) is 11.5 Å². The highest BCUT2D eigenvalue weighted by Crippen LogP contribution is 2.38. The van der Waals surface area contributed by atoms with Crippen LogP contribution in [0.2, 0.25) is 5.02 Å². The Labute approximate surface area is 131 Å². The van der Waals surface area contributed by atoms with Gasteiger partial charge in [0.2, 0.25) is 0 Å². The zero-order valence-electron chi connectivity index (χ0n) is 12.0. The van der Waals surface area contributed by atoms with Gasteiger partial charge in [-0.3, -0.25) is 9.78 Å². The molecule has 0 saturated carbocycles. The first-order chi connectivity index (χ1) is 10.6. The topological polar surface area (TPSA) is 64.2 Å². The van der Waals surface area contributed by atoms with Crippen LogP contribution in [0, 0.1) is 0 Å². The van der Waals surface area contributed by atoms with Gasteiger partial charge in [0.05, 0.1) is 35.8 Å². The zero-order valence-corrected chi connectivity index (χ0v) is 12.8. The first-order valence-corrected chi connectivity index (χ1v) is 6.92. The van der Waals surface area contributed by atoms with Gasteiger partial charge in [-0.15, -0.1) is 0 Å². The van der Waals surface area contributed by atoms with Crippen molar-refractivity contribution >= 4 is 22.5 Å². The molecule has 112 valence electrons. The number of halogens is 1. The van der Waals surface area contributed by atoms with E-state index in [2.05, 4.69) is 9.97 Å². The molecule has 3 rings (SSSR count). The quantitative estimate of drug-likeness (QED) is 0.805. The molecule has 0 fully saturated rings. The Kier molecular flexibility index (Phi) is 3.73. The molecule has 2 heterocycles. The number of benzene rings is 1. The van der Waals surface area contributed by atoms with Crippen molar-refractivity contribution in [2.24, 2.45) is 0 Å². The molecule has 0 unspecified atom stereocenters. The van der Waals surface area contributed by atoms with Crippen molar-refractivity contribution in [3.8, 4) is 22.8 Å². The maximum atomic E-state index is 12.2. The SMILES string of the molecule is COc1cc(-c2cc3ncccc3c(=O)[nH]2)cc(Cl)c1OC. The van der Waals surface area contributed by atoms with Crippen LogP contribution in [-0.4, -0.2) is 24.2 Å². The number of hydrogen-bond acceptors (Lipinski definition) is 4. The van der Waals surface area contributed by atoms with Gasteiger partial charge in [-0.05, 0) is 30.3 Å². The summed E-state index contributed by atoms with van der Waals surface area (Å²) < 4.78 is 10.5. The van der Waals surface area contributed by atoms with Crippen molar-refractivity contribution in [3.05, 3.63) is 51.9 Å². The molecular formula is C16H13ClN2O3. The number of rotatable bonds is 3. The minimum Gasteiger partial charge on any atom is -0.493 e. The third kappa shape index (κ3) is 2.40. The molecule has 22 heavy (non-hydrogen) atoms. The average molecular weight is 317 g/mol. The first kappa shape index (κ1) is 14.4. The Bertz CT molecular complexity index is 906. The van der Waals surface area contributed by atoms with E-state index < -0.39 is 0 Å². The third-order valence-electron chi connectivity index (χ3n) is 3.36. The predicted octanol–water partition coefficient (Wildman–Crippen LogP) is 3.26. The fourth-order valence-electron chi connectivity index (χ4n) is 2.32. The lowest BCUT2D eigenvalue weighted by Crippen LogP contribution is -2.07. The minimum absolute atomic E-state index is 0.202. The molecule has 6 heteroatoms. The van der Waals surface area contributed by atoms with Gasteiger partial charge in [-0.1, -0.05) is 11.6 Å². The third-order valence-corrected chi connectivity index (χ3v) is 3.64. The van der Waals surface area contributed by atoms with Crippen molar-refractivity contribution in [2.45, 2.75) is 0 Å². The van der Waals surface area contributed by atoms with E-state index in [0.717, 1.165) is 0 Å². The summed E-state index contributed by atoms with van der Waals surface area (Å²) in [6.45, 7) is 0. The van der Waals surface area contributed by atoms with E-state index in [9.17, 15) is 4.79 Å². The minimum atomic E-state index is -0.202. The number of aromatic amines is 1. The molecule has 0 atom stereocenters. The number of nitrogens with zero attached hydrogens (tertiary/aromatic N) is 1. The smallest absolute Gasteiger partial charge is 0.257 e. The van der Waals surface area contributed by atoms with Crippen molar-refractivity contribution in [2.75, 3.05) is 14.2 Å². The summed E-state index contributed by atoms with van der Waals surface area (Å²) in [5.41, 5.74) is 1.74. The molecule has 2 aromatic heterocycles. The van der Waals surface area contributed by atoms with Gasteiger partial charge >= 0.3 is 0 Å². The number of methoxy groups -OCH3 is 2. The number of H-pyrrole nitrogens is 1. The Balaban J connectivity index is 2.23. The highest BCUT2D eigenvalue weighted by atomic mass is 35.5. The fraction of sp³-hybridized carbons (Fsp3) is 0.125. The molecule has 5 nitrogen and oxygen atoms in total. The lowest BCUT2D eigenvalue weighted by Gasteiger charge is -2.12. The largest absolute Gasteiger partial charge is 0.493 e. The molecule has 0 aliphatic heterocycles. The summed E-state index contributed by atoms with van der Waals surface area (Å²) in [4.78, 5) is 19.2. The van der Waals surface area contributed by atoms with Crippen molar-refractivity contribution in [3.63, 3.8) is 0 Å². The van der Waals surface area contributed by atoms with Crippen LogP contribution in [0.15, 0.2) is 41.3 Å².